The highest BCUT2D eigenvalue weighted by molar-refractivity contribution is 5.98. The summed E-state index contributed by atoms with van der Waals surface area (Å²) in [4.78, 5) is 20.9. The Hall–Kier alpha value is -3.40. The first-order chi connectivity index (χ1) is 20.1. The quantitative estimate of drug-likeness (QED) is 0.359. The van der Waals surface area contributed by atoms with E-state index in [1.54, 1.807) is 13.4 Å². The Labute approximate surface area is 242 Å². The molecular formula is C32H42N4O5. The first-order valence-corrected chi connectivity index (χ1v) is 14.8. The van der Waals surface area contributed by atoms with E-state index in [0.29, 0.717) is 57.1 Å². The van der Waals surface area contributed by atoms with Gasteiger partial charge in [0.05, 0.1) is 37.9 Å². The lowest BCUT2D eigenvalue weighted by Crippen LogP contribution is -2.54. The minimum absolute atomic E-state index is 0.0515. The molecule has 3 aromatic rings. The maximum atomic E-state index is 14.2. The lowest BCUT2D eigenvalue weighted by molar-refractivity contribution is -0.0893. The SMILES string of the molecule is CCOc1ccccc1OCC[C@@H]1CNCCN1C(=O)c1ncn([C@@H]2CCCC[C@@]2(O)COC)c1-c1ccccc1. The molecular weight excluding hydrogens is 520 g/mol. The van der Waals surface area contributed by atoms with Crippen molar-refractivity contribution in [3.63, 3.8) is 0 Å². The number of benzene rings is 2. The molecule has 3 atom stereocenters. The third kappa shape index (κ3) is 6.42. The highest BCUT2D eigenvalue weighted by Crippen LogP contribution is 2.41. The molecule has 0 unspecified atom stereocenters. The number of hydrogen-bond donors (Lipinski definition) is 2. The Morgan fingerprint density at radius 3 is 2.61 bits per heavy atom. The second-order valence-corrected chi connectivity index (χ2v) is 10.9. The fourth-order valence-corrected chi connectivity index (χ4v) is 6.23. The van der Waals surface area contributed by atoms with Gasteiger partial charge in [-0.05, 0) is 31.9 Å². The zero-order valence-electron chi connectivity index (χ0n) is 24.1. The lowest BCUT2D eigenvalue weighted by Gasteiger charge is -2.41. The molecule has 2 aromatic carbocycles. The molecule has 9 nitrogen and oxygen atoms in total. The van der Waals surface area contributed by atoms with Crippen molar-refractivity contribution in [2.45, 2.75) is 56.7 Å². The summed E-state index contributed by atoms with van der Waals surface area (Å²) >= 11 is 0. The summed E-state index contributed by atoms with van der Waals surface area (Å²) in [5.41, 5.74) is 1.04. The van der Waals surface area contributed by atoms with E-state index in [9.17, 15) is 9.90 Å². The average Bonchev–Trinajstić information content (AvgIpc) is 3.43. The van der Waals surface area contributed by atoms with E-state index in [0.717, 1.165) is 36.3 Å². The van der Waals surface area contributed by atoms with E-state index in [1.807, 2.05) is 71.0 Å². The number of carbonyl (C=O) groups is 1. The largest absolute Gasteiger partial charge is 0.490 e. The van der Waals surface area contributed by atoms with E-state index in [1.165, 1.54) is 0 Å². The number of hydrogen-bond acceptors (Lipinski definition) is 7. The Bertz CT molecular complexity index is 1280. The van der Waals surface area contributed by atoms with E-state index in [2.05, 4.69) is 5.32 Å². The van der Waals surface area contributed by atoms with Crippen molar-refractivity contribution in [3.8, 4) is 22.8 Å². The number of imidazole rings is 1. The number of carbonyl (C=O) groups excluding carboxylic acids is 1. The Balaban J connectivity index is 1.40. The third-order valence-corrected chi connectivity index (χ3v) is 8.20. The van der Waals surface area contributed by atoms with Crippen LogP contribution in [-0.2, 0) is 4.74 Å². The molecule has 0 radical (unpaired) electrons. The van der Waals surface area contributed by atoms with Gasteiger partial charge in [-0.2, -0.15) is 0 Å². The topological polar surface area (TPSA) is 98.1 Å². The predicted octanol–water partition coefficient (Wildman–Crippen LogP) is 4.32. The van der Waals surface area contributed by atoms with Crippen LogP contribution in [0, 0.1) is 0 Å². The summed E-state index contributed by atoms with van der Waals surface area (Å²) in [6.07, 6.45) is 5.78. The summed E-state index contributed by atoms with van der Waals surface area (Å²) in [5.74, 6) is 1.32. The van der Waals surface area contributed by atoms with Crippen LogP contribution in [0.4, 0.5) is 0 Å². The zero-order chi connectivity index (χ0) is 28.7. The van der Waals surface area contributed by atoms with Crippen molar-refractivity contribution < 1.29 is 24.1 Å². The second kappa shape index (κ2) is 13.5. The number of aromatic nitrogens is 2. The minimum Gasteiger partial charge on any atom is -0.490 e. The molecule has 2 heterocycles. The van der Waals surface area contributed by atoms with Gasteiger partial charge in [0, 0.05) is 44.8 Å². The highest BCUT2D eigenvalue weighted by atomic mass is 16.5. The van der Waals surface area contributed by atoms with Gasteiger partial charge in [0.25, 0.3) is 5.91 Å². The molecule has 2 aliphatic rings. The van der Waals surface area contributed by atoms with Gasteiger partial charge in [0.15, 0.2) is 17.2 Å². The Morgan fingerprint density at radius 1 is 1.10 bits per heavy atom. The number of ether oxygens (including phenoxy) is 3. The van der Waals surface area contributed by atoms with Crippen molar-refractivity contribution in [1.82, 2.24) is 19.8 Å². The van der Waals surface area contributed by atoms with Crippen LogP contribution >= 0.6 is 0 Å². The van der Waals surface area contributed by atoms with Gasteiger partial charge in [-0.3, -0.25) is 4.79 Å². The standard InChI is InChI=1S/C32H42N4O5/c1-3-40-26-13-7-8-14-27(26)41-20-16-25-21-33-18-19-35(25)31(37)29-30(24-11-5-4-6-12-24)36(23-34-29)28-15-9-10-17-32(28,38)22-39-2/h4-8,11-14,23,25,28,33,38H,3,9-10,15-22H2,1-2H3/t25-,28-,32-/m1/s1. The van der Waals surface area contributed by atoms with Crippen LogP contribution in [0.2, 0.25) is 0 Å². The first kappa shape index (κ1) is 29.1. The van der Waals surface area contributed by atoms with Crippen molar-refractivity contribution in [1.29, 1.82) is 0 Å². The lowest BCUT2D eigenvalue weighted by atomic mass is 9.80. The molecule has 1 saturated carbocycles. The molecule has 1 amide bonds. The summed E-state index contributed by atoms with van der Waals surface area (Å²) in [5, 5.41) is 15.1. The van der Waals surface area contributed by atoms with E-state index in [4.69, 9.17) is 19.2 Å². The van der Waals surface area contributed by atoms with Gasteiger partial charge in [-0.25, -0.2) is 4.98 Å². The van der Waals surface area contributed by atoms with E-state index < -0.39 is 5.60 Å². The molecule has 1 aliphatic heterocycles. The number of piperazine rings is 1. The minimum atomic E-state index is -1.02. The van der Waals surface area contributed by atoms with Crippen LogP contribution in [-0.4, -0.2) is 83.7 Å². The summed E-state index contributed by atoms with van der Waals surface area (Å²) in [7, 11) is 1.62. The number of nitrogens with zero attached hydrogens (tertiary/aromatic N) is 3. The number of aliphatic hydroxyl groups is 1. The van der Waals surface area contributed by atoms with E-state index >= 15 is 0 Å². The average molecular weight is 563 g/mol. The molecule has 9 heteroatoms. The molecule has 0 bridgehead atoms. The molecule has 220 valence electrons. The van der Waals surface area contributed by atoms with Crippen molar-refractivity contribution in [3.05, 3.63) is 66.6 Å². The molecule has 1 aromatic heterocycles. The Kier molecular flexibility index (Phi) is 9.59. The number of rotatable bonds is 11. The molecule has 0 spiro atoms. The number of methoxy groups -OCH3 is 1. The monoisotopic (exact) mass is 562 g/mol. The highest BCUT2D eigenvalue weighted by Gasteiger charge is 2.42. The number of para-hydroxylation sites is 2. The van der Waals surface area contributed by atoms with Gasteiger partial charge >= 0.3 is 0 Å². The maximum Gasteiger partial charge on any atom is 0.275 e. The van der Waals surface area contributed by atoms with Crippen LogP contribution in [0.1, 0.15) is 55.6 Å². The number of amides is 1. The van der Waals surface area contributed by atoms with Crippen LogP contribution in [0.25, 0.3) is 11.3 Å². The smallest absolute Gasteiger partial charge is 0.275 e. The van der Waals surface area contributed by atoms with Gasteiger partial charge in [-0.15, -0.1) is 0 Å². The van der Waals surface area contributed by atoms with Gasteiger partial charge in [0.1, 0.15) is 5.60 Å². The van der Waals surface area contributed by atoms with E-state index in [-0.39, 0.29) is 24.6 Å². The molecule has 1 saturated heterocycles. The Morgan fingerprint density at radius 2 is 1.85 bits per heavy atom. The van der Waals surface area contributed by atoms with Gasteiger partial charge in [-0.1, -0.05) is 55.3 Å². The molecule has 2 N–H and O–H groups in total. The summed E-state index contributed by atoms with van der Waals surface area (Å²) in [6.45, 7) is 5.18. The summed E-state index contributed by atoms with van der Waals surface area (Å²) < 4.78 is 19.3. The van der Waals surface area contributed by atoms with Crippen LogP contribution < -0.4 is 14.8 Å². The first-order valence-electron chi connectivity index (χ1n) is 14.8. The van der Waals surface area contributed by atoms with Gasteiger partial charge < -0.3 is 34.1 Å². The van der Waals surface area contributed by atoms with Crippen LogP contribution in [0.5, 0.6) is 11.5 Å². The van der Waals surface area contributed by atoms with Crippen molar-refractivity contribution >= 4 is 5.91 Å². The fourth-order valence-electron chi connectivity index (χ4n) is 6.23. The van der Waals surface area contributed by atoms with Crippen molar-refractivity contribution in [2.75, 3.05) is 46.6 Å². The van der Waals surface area contributed by atoms with Crippen LogP contribution in [0.3, 0.4) is 0 Å². The molecule has 2 fully saturated rings. The summed E-state index contributed by atoms with van der Waals surface area (Å²) in [6, 6.07) is 17.3. The van der Waals surface area contributed by atoms with Crippen LogP contribution in [0.15, 0.2) is 60.9 Å². The molecule has 5 rings (SSSR count). The number of nitrogens with one attached hydrogen (secondary N) is 1. The predicted molar refractivity (Wildman–Crippen MR) is 157 cm³/mol. The van der Waals surface area contributed by atoms with Crippen molar-refractivity contribution in [2.24, 2.45) is 0 Å². The normalized spacial score (nSPS) is 22.9. The zero-order valence-corrected chi connectivity index (χ0v) is 24.1. The second-order valence-electron chi connectivity index (χ2n) is 10.9. The van der Waals surface area contributed by atoms with Gasteiger partial charge in [0.2, 0.25) is 0 Å². The molecule has 1 aliphatic carbocycles. The maximum absolute atomic E-state index is 14.2. The molecule has 41 heavy (non-hydrogen) atoms. The third-order valence-electron chi connectivity index (χ3n) is 8.20. The fraction of sp³-hybridized carbons (Fsp3) is 0.500.